The van der Waals surface area contributed by atoms with Gasteiger partial charge < -0.3 is 4.74 Å². The molecule has 0 radical (unpaired) electrons. The molecule has 0 aliphatic carbocycles. The van der Waals surface area contributed by atoms with Crippen LogP contribution >= 0.6 is 0 Å². The summed E-state index contributed by atoms with van der Waals surface area (Å²) in [5.74, 6) is -1.40. The first-order valence-corrected chi connectivity index (χ1v) is 7.65. The van der Waals surface area contributed by atoms with Crippen molar-refractivity contribution in [2.75, 3.05) is 7.11 Å². The normalized spacial score (nSPS) is 14.6. The van der Waals surface area contributed by atoms with E-state index in [1.54, 1.807) is 6.92 Å². The lowest BCUT2D eigenvalue weighted by Crippen LogP contribution is -2.45. The summed E-state index contributed by atoms with van der Waals surface area (Å²) in [5, 5.41) is 0. The Labute approximate surface area is 118 Å². The number of nitrogens with one attached hydrogen (secondary N) is 1. The molecule has 0 bridgehead atoms. The highest BCUT2D eigenvalue weighted by Crippen LogP contribution is 2.15. The Kier molecular flexibility index (Phi) is 5.64. The summed E-state index contributed by atoms with van der Waals surface area (Å²) in [6, 6.07) is 3.40. The predicted octanol–water partition coefficient (Wildman–Crippen LogP) is 1.69. The molecule has 5 nitrogen and oxygen atoms in total. The summed E-state index contributed by atoms with van der Waals surface area (Å²) >= 11 is 0. The van der Waals surface area contributed by atoms with E-state index in [1.165, 1.54) is 7.11 Å². The average Bonchev–Trinajstić information content (AvgIpc) is 2.43. The third kappa shape index (κ3) is 4.01. The number of benzene rings is 1. The predicted molar refractivity (Wildman–Crippen MR) is 72.0 cm³/mol. The Morgan fingerprint density at radius 1 is 1.35 bits per heavy atom. The van der Waals surface area contributed by atoms with Crippen molar-refractivity contribution in [1.29, 1.82) is 0 Å². The molecule has 0 saturated heterocycles. The molecule has 0 aliphatic heterocycles. The van der Waals surface area contributed by atoms with Crippen LogP contribution in [0.3, 0.4) is 0 Å². The van der Waals surface area contributed by atoms with Gasteiger partial charge in [0.2, 0.25) is 10.0 Å². The molecule has 0 unspecified atom stereocenters. The molecule has 0 spiro atoms. The first kappa shape index (κ1) is 16.6. The second-order valence-electron chi connectivity index (χ2n) is 4.46. The monoisotopic (exact) mass is 303 g/mol. The number of hydrogen-bond acceptors (Lipinski definition) is 4. The molecular formula is C13H18FNO4S. The van der Waals surface area contributed by atoms with Crippen LogP contribution in [-0.4, -0.2) is 27.5 Å². The van der Waals surface area contributed by atoms with Gasteiger partial charge in [0.05, 0.1) is 12.0 Å². The Morgan fingerprint density at radius 3 is 2.35 bits per heavy atom. The van der Waals surface area contributed by atoms with Crippen molar-refractivity contribution in [2.24, 2.45) is 5.92 Å². The molecule has 0 heterocycles. The second kappa shape index (κ2) is 6.81. The van der Waals surface area contributed by atoms with Crippen LogP contribution in [0.25, 0.3) is 0 Å². The second-order valence-corrected chi connectivity index (χ2v) is 6.18. The van der Waals surface area contributed by atoms with Crippen molar-refractivity contribution in [3.05, 3.63) is 30.1 Å². The van der Waals surface area contributed by atoms with Gasteiger partial charge in [0.1, 0.15) is 11.9 Å². The van der Waals surface area contributed by atoms with Crippen molar-refractivity contribution >= 4 is 16.0 Å². The van der Waals surface area contributed by atoms with Crippen molar-refractivity contribution in [1.82, 2.24) is 4.72 Å². The van der Waals surface area contributed by atoms with E-state index in [1.807, 2.05) is 6.92 Å². The van der Waals surface area contributed by atoms with E-state index in [-0.39, 0.29) is 10.8 Å². The van der Waals surface area contributed by atoms with E-state index < -0.39 is 27.9 Å². The summed E-state index contributed by atoms with van der Waals surface area (Å²) in [7, 11) is -2.71. The van der Waals surface area contributed by atoms with Gasteiger partial charge in [0.15, 0.2) is 0 Å². The lowest BCUT2D eigenvalue weighted by Gasteiger charge is -2.21. The largest absolute Gasteiger partial charge is 0.468 e. The lowest BCUT2D eigenvalue weighted by molar-refractivity contribution is -0.143. The molecule has 0 aliphatic rings. The number of halogens is 1. The van der Waals surface area contributed by atoms with Gasteiger partial charge >= 0.3 is 5.97 Å². The highest BCUT2D eigenvalue weighted by molar-refractivity contribution is 7.89. The molecule has 0 aromatic heterocycles. The molecule has 1 N–H and O–H groups in total. The topological polar surface area (TPSA) is 72.5 Å². The first-order valence-electron chi connectivity index (χ1n) is 6.17. The summed E-state index contributed by atoms with van der Waals surface area (Å²) in [4.78, 5) is 11.6. The molecule has 1 aromatic rings. The van der Waals surface area contributed by atoms with Crippen molar-refractivity contribution in [3.8, 4) is 0 Å². The van der Waals surface area contributed by atoms with Crippen LogP contribution < -0.4 is 4.72 Å². The van der Waals surface area contributed by atoms with Gasteiger partial charge in [-0.25, -0.2) is 12.8 Å². The van der Waals surface area contributed by atoms with Crippen molar-refractivity contribution in [3.63, 3.8) is 0 Å². The van der Waals surface area contributed by atoms with Crippen LogP contribution in [0.15, 0.2) is 29.2 Å². The van der Waals surface area contributed by atoms with Gasteiger partial charge in [-0.05, 0) is 30.2 Å². The Bertz CT molecular complexity index is 556. The zero-order chi connectivity index (χ0) is 15.3. The zero-order valence-corrected chi connectivity index (χ0v) is 12.4. The first-order chi connectivity index (χ1) is 9.31. The summed E-state index contributed by atoms with van der Waals surface area (Å²) in [6.07, 6.45) is 0.603. The molecule has 0 saturated carbocycles. The Hall–Kier alpha value is -1.47. The molecule has 2 atom stereocenters. The van der Waals surface area contributed by atoms with Crippen LogP contribution in [0.4, 0.5) is 4.39 Å². The molecule has 20 heavy (non-hydrogen) atoms. The van der Waals surface area contributed by atoms with Crippen LogP contribution in [0.2, 0.25) is 0 Å². The lowest BCUT2D eigenvalue weighted by atomic mass is 10.0. The fraction of sp³-hybridized carbons (Fsp3) is 0.462. The van der Waals surface area contributed by atoms with E-state index >= 15 is 0 Å². The van der Waals surface area contributed by atoms with Crippen molar-refractivity contribution < 1.29 is 22.3 Å². The van der Waals surface area contributed by atoms with E-state index in [0.717, 1.165) is 24.3 Å². The number of esters is 1. The average molecular weight is 303 g/mol. The van der Waals surface area contributed by atoms with E-state index in [0.29, 0.717) is 6.42 Å². The number of sulfonamides is 1. The number of ether oxygens (including phenoxy) is 1. The number of methoxy groups -OCH3 is 1. The fourth-order valence-corrected chi connectivity index (χ4v) is 2.90. The molecule has 7 heteroatoms. The zero-order valence-electron chi connectivity index (χ0n) is 11.6. The van der Waals surface area contributed by atoms with Gasteiger partial charge in [0.25, 0.3) is 0 Å². The third-order valence-corrected chi connectivity index (χ3v) is 4.53. The number of rotatable bonds is 6. The molecule has 0 fully saturated rings. The van der Waals surface area contributed by atoms with Crippen LogP contribution in [0, 0.1) is 11.7 Å². The highest BCUT2D eigenvalue weighted by atomic mass is 32.2. The molecule has 112 valence electrons. The summed E-state index contributed by atoms with van der Waals surface area (Å²) in [6.45, 7) is 3.58. The molecule has 1 rings (SSSR count). The number of carbonyl (C=O) groups is 1. The minimum absolute atomic E-state index is 0.101. The minimum atomic E-state index is -3.90. The fourth-order valence-electron chi connectivity index (χ4n) is 1.61. The highest BCUT2D eigenvalue weighted by Gasteiger charge is 2.30. The molecular weight excluding hydrogens is 285 g/mol. The van der Waals surface area contributed by atoms with Crippen LogP contribution in [0.5, 0.6) is 0 Å². The Balaban J connectivity index is 3.02. The maximum atomic E-state index is 12.8. The standard InChI is InChI=1S/C13H18FNO4S/c1-4-9(2)12(13(16)19-3)15-20(17,18)11-7-5-10(14)6-8-11/h5-9,12,15H,4H2,1-3H3/t9-,12+/m1/s1. The quantitative estimate of drug-likeness (QED) is 0.812. The maximum Gasteiger partial charge on any atom is 0.324 e. The van der Waals surface area contributed by atoms with Crippen LogP contribution in [-0.2, 0) is 19.6 Å². The van der Waals surface area contributed by atoms with Gasteiger partial charge in [-0.1, -0.05) is 20.3 Å². The molecule has 1 aromatic carbocycles. The van der Waals surface area contributed by atoms with Gasteiger partial charge in [-0.2, -0.15) is 4.72 Å². The van der Waals surface area contributed by atoms with E-state index in [9.17, 15) is 17.6 Å². The Morgan fingerprint density at radius 2 is 1.90 bits per heavy atom. The van der Waals surface area contributed by atoms with E-state index in [4.69, 9.17) is 0 Å². The van der Waals surface area contributed by atoms with E-state index in [2.05, 4.69) is 9.46 Å². The maximum absolute atomic E-state index is 12.8. The van der Waals surface area contributed by atoms with Crippen molar-refractivity contribution in [2.45, 2.75) is 31.2 Å². The van der Waals surface area contributed by atoms with Gasteiger partial charge in [-0.15, -0.1) is 0 Å². The molecule has 0 amide bonds. The number of carbonyl (C=O) groups excluding carboxylic acids is 1. The SMILES string of the molecule is CC[C@@H](C)[C@H](NS(=O)(=O)c1ccc(F)cc1)C(=O)OC. The smallest absolute Gasteiger partial charge is 0.324 e. The number of hydrogen-bond donors (Lipinski definition) is 1. The third-order valence-electron chi connectivity index (χ3n) is 3.07. The summed E-state index contributed by atoms with van der Waals surface area (Å²) in [5.41, 5.74) is 0. The van der Waals surface area contributed by atoms with Crippen LogP contribution in [0.1, 0.15) is 20.3 Å². The van der Waals surface area contributed by atoms with Gasteiger partial charge in [0, 0.05) is 0 Å². The minimum Gasteiger partial charge on any atom is -0.468 e. The summed E-state index contributed by atoms with van der Waals surface area (Å²) < 4.78 is 44.0. The van der Waals surface area contributed by atoms with Gasteiger partial charge in [-0.3, -0.25) is 4.79 Å².